The van der Waals surface area contributed by atoms with Crippen molar-refractivity contribution in [3.8, 4) is 0 Å². The molecule has 0 saturated carbocycles. The second kappa shape index (κ2) is 6.63. The Morgan fingerprint density at radius 3 is 2.86 bits per heavy atom. The molecular formula is C22H18N4O3. The molecule has 0 saturated heterocycles. The Morgan fingerprint density at radius 2 is 2.03 bits per heavy atom. The van der Waals surface area contributed by atoms with E-state index in [4.69, 9.17) is 4.42 Å². The first kappa shape index (κ1) is 17.2. The summed E-state index contributed by atoms with van der Waals surface area (Å²) in [4.78, 5) is 31.8. The van der Waals surface area contributed by atoms with Crippen LogP contribution in [0.25, 0.3) is 5.65 Å². The van der Waals surface area contributed by atoms with Crippen LogP contribution in [0.2, 0.25) is 0 Å². The van der Waals surface area contributed by atoms with Gasteiger partial charge in [0.15, 0.2) is 5.76 Å². The number of imidazole rings is 1. The summed E-state index contributed by atoms with van der Waals surface area (Å²) in [6, 6.07) is 14.6. The Kier molecular flexibility index (Phi) is 3.94. The van der Waals surface area contributed by atoms with Gasteiger partial charge in [-0.05, 0) is 55.3 Å². The zero-order chi connectivity index (χ0) is 20.0. The van der Waals surface area contributed by atoms with Crippen LogP contribution in [0.3, 0.4) is 0 Å². The first-order valence-corrected chi connectivity index (χ1v) is 9.35. The van der Waals surface area contributed by atoms with Gasteiger partial charge >= 0.3 is 0 Å². The van der Waals surface area contributed by atoms with E-state index in [-0.39, 0.29) is 11.8 Å². The molecule has 0 fully saturated rings. The Bertz CT molecular complexity index is 1240. The molecule has 4 aromatic rings. The fourth-order valence-electron chi connectivity index (χ4n) is 3.78. The zero-order valence-electron chi connectivity index (χ0n) is 15.8. The first-order chi connectivity index (χ1) is 14.1. The number of nitrogens with zero attached hydrogens (tertiary/aromatic N) is 3. The molecule has 4 heterocycles. The Labute approximate surface area is 166 Å². The third kappa shape index (κ3) is 2.87. The van der Waals surface area contributed by atoms with Gasteiger partial charge in [-0.25, -0.2) is 4.98 Å². The van der Waals surface area contributed by atoms with Crippen molar-refractivity contribution in [2.24, 2.45) is 0 Å². The summed E-state index contributed by atoms with van der Waals surface area (Å²) in [6.07, 6.45) is 4.07. The standard InChI is InChI=1S/C22H18N4O3/c1-14-20(26-10-3-2-6-19(26)23-14)21(27)24-16-8-7-15-9-11-25(17(15)13-16)22(28)18-5-4-12-29-18/h2-8,10,12-13H,9,11H2,1H3,(H,24,27). The molecule has 1 aliphatic heterocycles. The van der Waals surface area contributed by atoms with E-state index in [1.165, 1.54) is 6.26 Å². The normalized spacial score (nSPS) is 12.9. The lowest BCUT2D eigenvalue weighted by Crippen LogP contribution is -2.28. The molecule has 2 amide bonds. The highest BCUT2D eigenvalue weighted by molar-refractivity contribution is 6.07. The van der Waals surface area contributed by atoms with Crippen molar-refractivity contribution in [1.82, 2.24) is 9.38 Å². The largest absolute Gasteiger partial charge is 0.459 e. The SMILES string of the molecule is Cc1nc2ccccn2c1C(=O)Nc1ccc2c(c1)N(C(=O)c1ccco1)CC2. The average molecular weight is 386 g/mol. The van der Waals surface area contributed by atoms with Crippen LogP contribution in [-0.4, -0.2) is 27.7 Å². The summed E-state index contributed by atoms with van der Waals surface area (Å²) in [5, 5.41) is 2.94. The Balaban J connectivity index is 1.44. The highest BCUT2D eigenvalue weighted by Gasteiger charge is 2.27. The molecule has 29 heavy (non-hydrogen) atoms. The van der Waals surface area contributed by atoms with E-state index in [9.17, 15) is 9.59 Å². The van der Waals surface area contributed by atoms with Gasteiger partial charge in [0.1, 0.15) is 11.3 Å². The maximum absolute atomic E-state index is 12.9. The van der Waals surface area contributed by atoms with Gasteiger partial charge in [0.2, 0.25) is 0 Å². The number of hydrogen-bond acceptors (Lipinski definition) is 4. The van der Waals surface area contributed by atoms with E-state index < -0.39 is 0 Å². The number of furan rings is 1. The summed E-state index contributed by atoms with van der Waals surface area (Å²) >= 11 is 0. The van der Waals surface area contributed by atoms with Gasteiger partial charge in [-0.3, -0.25) is 14.0 Å². The Hall–Kier alpha value is -3.87. The van der Waals surface area contributed by atoms with E-state index in [1.807, 2.05) is 49.5 Å². The quantitative estimate of drug-likeness (QED) is 0.582. The Morgan fingerprint density at radius 1 is 1.14 bits per heavy atom. The second-order valence-corrected chi connectivity index (χ2v) is 6.96. The number of pyridine rings is 1. The molecule has 144 valence electrons. The monoisotopic (exact) mass is 386 g/mol. The fraction of sp³-hybridized carbons (Fsp3) is 0.136. The van der Waals surface area contributed by atoms with Gasteiger partial charge in [-0.2, -0.15) is 0 Å². The van der Waals surface area contributed by atoms with Crippen LogP contribution in [0.15, 0.2) is 65.4 Å². The highest BCUT2D eigenvalue weighted by atomic mass is 16.3. The van der Waals surface area contributed by atoms with Crippen LogP contribution in [-0.2, 0) is 6.42 Å². The minimum absolute atomic E-state index is 0.185. The number of nitrogens with one attached hydrogen (secondary N) is 1. The van der Waals surface area contributed by atoms with Gasteiger partial charge in [-0.15, -0.1) is 0 Å². The van der Waals surface area contributed by atoms with E-state index in [0.717, 1.165) is 23.3 Å². The second-order valence-electron chi connectivity index (χ2n) is 6.96. The van der Waals surface area contributed by atoms with Crippen molar-refractivity contribution in [1.29, 1.82) is 0 Å². The van der Waals surface area contributed by atoms with Gasteiger partial charge in [0.05, 0.1) is 12.0 Å². The molecule has 3 aromatic heterocycles. The van der Waals surface area contributed by atoms with E-state index in [1.54, 1.807) is 21.4 Å². The molecule has 0 bridgehead atoms. The molecule has 1 aliphatic rings. The van der Waals surface area contributed by atoms with Gasteiger partial charge in [0, 0.05) is 24.1 Å². The molecule has 0 spiro atoms. The van der Waals surface area contributed by atoms with Gasteiger partial charge in [0.25, 0.3) is 11.8 Å². The molecule has 0 radical (unpaired) electrons. The number of anilines is 2. The molecule has 7 nitrogen and oxygen atoms in total. The maximum atomic E-state index is 12.9. The third-order valence-corrected chi connectivity index (χ3v) is 5.14. The molecule has 0 aliphatic carbocycles. The highest BCUT2D eigenvalue weighted by Crippen LogP contribution is 2.32. The van der Waals surface area contributed by atoms with Gasteiger partial charge in [-0.1, -0.05) is 12.1 Å². The zero-order valence-corrected chi connectivity index (χ0v) is 15.8. The number of carbonyl (C=O) groups excluding carboxylic acids is 2. The van der Waals surface area contributed by atoms with Crippen molar-refractivity contribution in [3.63, 3.8) is 0 Å². The number of aryl methyl sites for hydroxylation is 1. The molecule has 1 aromatic carbocycles. The summed E-state index contributed by atoms with van der Waals surface area (Å²) in [5.41, 5.74) is 4.35. The summed E-state index contributed by atoms with van der Waals surface area (Å²) < 4.78 is 7.02. The van der Waals surface area contributed by atoms with E-state index in [0.29, 0.717) is 29.4 Å². The van der Waals surface area contributed by atoms with E-state index >= 15 is 0 Å². The van der Waals surface area contributed by atoms with Crippen LogP contribution in [0.4, 0.5) is 11.4 Å². The average Bonchev–Trinajstić information content (AvgIpc) is 3.45. The van der Waals surface area contributed by atoms with Crippen LogP contribution >= 0.6 is 0 Å². The number of fused-ring (bicyclic) bond motifs is 2. The number of hydrogen-bond donors (Lipinski definition) is 1. The predicted molar refractivity (Wildman–Crippen MR) is 108 cm³/mol. The number of rotatable bonds is 3. The minimum atomic E-state index is -0.247. The number of aromatic nitrogens is 2. The van der Waals surface area contributed by atoms with Crippen LogP contribution in [0.5, 0.6) is 0 Å². The molecule has 1 N–H and O–H groups in total. The van der Waals surface area contributed by atoms with Crippen molar-refractivity contribution in [2.45, 2.75) is 13.3 Å². The fourth-order valence-corrected chi connectivity index (χ4v) is 3.78. The van der Waals surface area contributed by atoms with Crippen molar-refractivity contribution in [3.05, 3.63) is 83.7 Å². The van der Waals surface area contributed by atoms with Crippen LogP contribution in [0, 0.1) is 6.92 Å². The maximum Gasteiger partial charge on any atom is 0.293 e. The van der Waals surface area contributed by atoms with Crippen LogP contribution in [0.1, 0.15) is 32.3 Å². The van der Waals surface area contributed by atoms with E-state index in [2.05, 4.69) is 10.3 Å². The van der Waals surface area contributed by atoms with Crippen molar-refractivity contribution in [2.75, 3.05) is 16.8 Å². The topological polar surface area (TPSA) is 79.9 Å². The summed E-state index contributed by atoms with van der Waals surface area (Å²) in [7, 11) is 0. The predicted octanol–water partition coefficient (Wildman–Crippen LogP) is 3.69. The third-order valence-electron chi connectivity index (χ3n) is 5.14. The van der Waals surface area contributed by atoms with Gasteiger partial charge < -0.3 is 14.6 Å². The first-order valence-electron chi connectivity index (χ1n) is 9.35. The smallest absolute Gasteiger partial charge is 0.293 e. The lowest BCUT2D eigenvalue weighted by molar-refractivity contribution is 0.0962. The molecule has 7 heteroatoms. The number of amides is 2. The van der Waals surface area contributed by atoms with Crippen molar-refractivity contribution >= 4 is 28.8 Å². The lowest BCUT2D eigenvalue weighted by atomic mass is 10.1. The van der Waals surface area contributed by atoms with Crippen molar-refractivity contribution < 1.29 is 14.0 Å². The molecule has 0 atom stereocenters. The minimum Gasteiger partial charge on any atom is -0.459 e. The van der Waals surface area contributed by atoms with Crippen LogP contribution < -0.4 is 10.2 Å². The summed E-state index contributed by atoms with van der Waals surface area (Å²) in [6.45, 7) is 2.40. The molecule has 5 rings (SSSR count). The molecule has 0 unspecified atom stereocenters. The number of carbonyl (C=O) groups is 2. The number of benzene rings is 1. The summed E-state index contributed by atoms with van der Waals surface area (Å²) in [5.74, 6) is -0.133. The lowest BCUT2D eigenvalue weighted by Gasteiger charge is -2.17. The molecular weight excluding hydrogens is 368 g/mol.